The summed E-state index contributed by atoms with van der Waals surface area (Å²) in [5.41, 5.74) is 0. The maximum atomic E-state index is 0. The Labute approximate surface area is 127 Å². The summed E-state index contributed by atoms with van der Waals surface area (Å²) in [6.07, 6.45) is 0. The molecule has 0 N–H and O–H groups in total. The zero-order valence-electron chi connectivity index (χ0n) is 3.14. The van der Waals surface area contributed by atoms with Crippen molar-refractivity contribution in [2.75, 3.05) is 0 Å². The molecule has 0 amide bonds. The standard InChI is InChI=1S/Ba.La.Li.O.Ta/q+2;+3;+1;-2;+5. The van der Waals surface area contributed by atoms with Crippen LogP contribution in [0.1, 0.15) is 0 Å². The third-order valence-electron chi connectivity index (χ3n) is 0. The SMILES string of the molecule is [Ba+2].[La+3].[Li+].[O-2].[Ta+5]. The van der Waals surface area contributed by atoms with Crippen molar-refractivity contribution in [2.45, 2.75) is 0 Å². The van der Waals surface area contributed by atoms with E-state index in [1.165, 1.54) is 0 Å². The second-order valence-electron chi connectivity index (χ2n) is 0. The van der Waals surface area contributed by atoms with E-state index in [9.17, 15) is 0 Å². The molecular weight excluding hydrogens is 480 g/mol. The van der Waals surface area contributed by atoms with E-state index in [2.05, 4.69) is 0 Å². The van der Waals surface area contributed by atoms with Gasteiger partial charge in [0, 0.05) is 0 Å². The van der Waals surface area contributed by atoms with Crippen molar-refractivity contribution in [1.82, 2.24) is 0 Å². The van der Waals surface area contributed by atoms with E-state index in [4.69, 9.17) is 0 Å². The Balaban J connectivity index is 0. The van der Waals surface area contributed by atoms with Crippen molar-refractivity contribution in [3.8, 4) is 0 Å². The Morgan fingerprint density at radius 3 is 1.00 bits per heavy atom. The van der Waals surface area contributed by atoms with E-state index in [-0.39, 0.29) is 131 Å². The van der Waals surface area contributed by atoms with E-state index < -0.39 is 0 Å². The maximum Gasteiger partial charge on any atom is 5.00 e. The van der Waals surface area contributed by atoms with Crippen LogP contribution in [0, 0.1) is 35.6 Å². The molecule has 5 heavy (non-hydrogen) atoms. The van der Waals surface area contributed by atoms with E-state index in [1.54, 1.807) is 0 Å². The summed E-state index contributed by atoms with van der Waals surface area (Å²) in [5.74, 6) is 0. The second kappa shape index (κ2) is 24.4. The molecule has 0 fully saturated rings. The average Bonchev–Trinajstić information content (AvgIpc) is 0. The quantitative estimate of drug-likeness (QED) is 0.323. The first-order valence-electron chi connectivity index (χ1n) is 0. The minimum Gasteiger partial charge on any atom is -2.00 e. The molecule has 0 aromatic carbocycles. The van der Waals surface area contributed by atoms with Crippen LogP contribution in [0.4, 0.5) is 0 Å². The van der Waals surface area contributed by atoms with Crippen molar-refractivity contribution >= 4 is 48.9 Å². The van der Waals surface area contributed by atoms with Gasteiger partial charge < -0.3 is 5.48 Å². The minimum absolute atomic E-state index is 0. The summed E-state index contributed by atoms with van der Waals surface area (Å²) >= 11 is 0. The molecule has 0 rings (SSSR count). The van der Waals surface area contributed by atoms with Gasteiger partial charge in [-0.25, -0.2) is 0 Å². The fourth-order valence-corrected chi connectivity index (χ4v) is 0. The monoisotopic (exact) mass is 481 g/mol. The summed E-state index contributed by atoms with van der Waals surface area (Å²) in [4.78, 5) is 0. The predicted octanol–water partition coefficient (Wildman–Crippen LogP) is -3.50. The molecule has 0 aromatic heterocycles. The molecule has 0 saturated heterocycles. The molecule has 0 heterocycles. The Bertz CT molecular complexity index is 11.6. The van der Waals surface area contributed by atoms with Crippen LogP contribution in [0.2, 0.25) is 0 Å². The van der Waals surface area contributed by atoms with Crippen molar-refractivity contribution in [3.05, 3.63) is 0 Å². The summed E-state index contributed by atoms with van der Waals surface area (Å²) in [6, 6.07) is 0. The number of hydrogen-bond acceptors (Lipinski definition) is 0. The summed E-state index contributed by atoms with van der Waals surface area (Å²) in [7, 11) is 0. The van der Waals surface area contributed by atoms with Crippen LogP contribution in [0.5, 0.6) is 0 Å². The topological polar surface area (TPSA) is 28.5 Å². The van der Waals surface area contributed by atoms with Crippen LogP contribution in [-0.4, -0.2) is 48.9 Å². The van der Waals surface area contributed by atoms with E-state index in [1.807, 2.05) is 0 Å². The molecule has 0 saturated carbocycles. The Morgan fingerprint density at radius 1 is 1.00 bits per heavy atom. The van der Waals surface area contributed by atoms with Gasteiger partial charge in [-0.05, 0) is 0 Å². The third-order valence-corrected chi connectivity index (χ3v) is 0. The molecule has 1 nitrogen and oxygen atoms in total. The van der Waals surface area contributed by atoms with Gasteiger partial charge in [-0.1, -0.05) is 0 Å². The van der Waals surface area contributed by atoms with Crippen molar-refractivity contribution in [2.24, 2.45) is 0 Å². The molecule has 0 atom stereocenters. The normalized spacial score (nSPS) is 0. The van der Waals surface area contributed by atoms with Crippen molar-refractivity contribution in [1.29, 1.82) is 0 Å². The van der Waals surface area contributed by atoms with Crippen LogP contribution in [-0.2, 0) is 27.9 Å². The molecule has 0 aromatic rings. The van der Waals surface area contributed by atoms with Gasteiger partial charge in [0.1, 0.15) is 0 Å². The van der Waals surface area contributed by atoms with Gasteiger partial charge in [0.25, 0.3) is 0 Å². The van der Waals surface area contributed by atoms with Gasteiger partial charge in [-0.3, -0.25) is 0 Å². The zero-order chi connectivity index (χ0) is 0. The van der Waals surface area contributed by atoms with Crippen LogP contribution in [0.15, 0.2) is 0 Å². The van der Waals surface area contributed by atoms with Gasteiger partial charge in [-0.15, -0.1) is 0 Å². The zero-order valence-corrected chi connectivity index (χ0v) is 14.4. The van der Waals surface area contributed by atoms with Gasteiger partial charge in [0.15, 0.2) is 0 Å². The van der Waals surface area contributed by atoms with Crippen LogP contribution < -0.4 is 18.9 Å². The molecule has 0 unspecified atom stereocenters. The largest absolute Gasteiger partial charge is 5.00 e. The minimum atomic E-state index is 0. The molecule has 0 aliphatic rings. The van der Waals surface area contributed by atoms with Crippen LogP contribution in [0.3, 0.4) is 0 Å². The Morgan fingerprint density at radius 2 is 1.00 bits per heavy atom. The van der Waals surface area contributed by atoms with E-state index >= 15 is 0 Å². The van der Waals surface area contributed by atoms with Crippen molar-refractivity contribution < 1.29 is 82.3 Å². The fourth-order valence-electron chi connectivity index (χ4n) is 0. The van der Waals surface area contributed by atoms with Gasteiger partial charge >= 0.3 is 126 Å². The third kappa shape index (κ3) is 18.0. The molecule has 0 spiro atoms. The predicted molar refractivity (Wildman–Crippen MR) is 6.44 cm³/mol. The summed E-state index contributed by atoms with van der Waals surface area (Å²) in [6.45, 7) is 0. The van der Waals surface area contributed by atoms with E-state index in [0.717, 1.165) is 0 Å². The molecular formula is BaLaLiOTa+9. The van der Waals surface area contributed by atoms with Crippen LogP contribution >= 0.6 is 0 Å². The molecule has 8 valence electrons. The van der Waals surface area contributed by atoms with Gasteiger partial charge in [0.2, 0.25) is 0 Å². The van der Waals surface area contributed by atoms with E-state index in [0.29, 0.717) is 0 Å². The second-order valence-corrected chi connectivity index (χ2v) is 0. The Kier molecular flexibility index (Phi) is 174. The molecule has 0 aliphatic heterocycles. The number of hydrogen-bond donors (Lipinski definition) is 0. The Hall–Kier alpha value is 4.06. The molecule has 5 heteroatoms. The molecule has 0 radical (unpaired) electrons. The average molecular weight is 480 g/mol. The first-order chi connectivity index (χ1) is 0. The summed E-state index contributed by atoms with van der Waals surface area (Å²) in [5, 5.41) is 0. The number of rotatable bonds is 0. The van der Waals surface area contributed by atoms with Crippen molar-refractivity contribution in [3.63, 3.8) is 0 Å². The first kappa shape index (κ1) is 35.7. The smallest absolute Gasteiger partial charge is 2.00 e. The fraction of sp³-hybridized carbons (Fsp3) is 0. The molecule has 0 aliphatic carbocycles. The summed E-state index contributed by atoms with van der Waals surface area (Å²) < 4.78 is 0. The maximum absolute atomic E-state index is 0. The van der Waals surface area contributed by atoms with Crippen LogP contribution in [0.25, 0.3) is 0 Å². The molecule has 0 bridgehead atoms. The first-order valence-corrected chi connectivity index (χ1v) is 0. The van der Waals surface area contributed by atoms with Gasteiger partial charge in [0.05, 0.1) is 0 Å². The van der Waals surface area contributed by atoms with Gasteiger partial charge in [-0.2, -0.15) is 0 Å².